The second-order valence-electron chi connectivity index (χ2n) is 4.65. The zero-order valence-electron chi connectivity index (χ0n) is 11.9. The van der Waals surface area contributed by atoms with Crippen LogP contribution in [0.15, 0.2) is 47.6 Å². The number of pyridine rings is 1. The minimum atomic E-state index is -3.48. The molecule has 6 nitrogen and oxygen atoms in total. The van der Waals surface area contributed by atoms with Crippen molar-refractivity contribution >= 4 is 21.4 Å². The highest BCUT2D eigenvalue weighted by Gasteiger charge is 2.14. The highest BCUT2D eigenvalue weighted by molar-refractivity contribution is 7.89. The van der Waals surface area contributed by atoms with Gasteiger partial charge in [-0.2, -0.15) is 0 Å². The van der Waals surface area contributed by atoms with Crippen molar-refractivity contribution in [2.24, 2.45) is 0 Å². The van der Waals surface area contributed by atoms with Crippen LogP contribution in [0, 0.1) is 0 Å². The lowest BCUT2D eigenvalue weighted by Gasteiger charge is -2.21. The van der Waals surface area contributed by atoms with Crippen LogP contribution in [-0.2, 0) is 16.6 Å². The summed E-state index contributed by atoms with van der Waals surface area (Å²) in [5.41, 5.74) is 8.21. The van der Waals surface area contributed by atoms with Gasteiger partial charge in [-0.3, -0.25) is 4.98 Å². The van der Waals surface area contributed by atoms with Crippen molar-refractivity contribution in [3.05, 3.63) is 48.3 Å². The van der Waals surface area contributed by atoms with Gasteiger partial charge >= 0.3 is 0 Å². The summed E-state index contributed by atoms with van der Waals surface area (Å²) in [6, 6.07) is 8.54. The highest BCUT2D eigenvalue weighted by Crippen LogP contribution is 2.26. The Morgan fingerprint density at radius 1 is 1.33 bits per heavy atom. The Hall–Kier alpha value is -2.12. The molecule has 3 N–H and O–H groups in total. The second kappa shape index (κ2) is 6.11. The lowest BCUT2D eigenvalue weighted by atomic mass is 10.2. The van der Waals surface area contributed by atoms with Gasteiger partial charge < -0.3 is 10.6 Å². The molecule has 0 aliphatic carbocycles. The summed E-state index contributed by atoms with van der Waals surface area (Å²) in [5.74, 6) is 0. The number of nitrogens with one attached hydrogen (secondary N) is 1. The molecule has 0 aliphatic heterocycles. The first-order chi connectivity index (χ1) is 9.94. The minimum absolute atomic E-state index is 0.154. The van der Waals surface area contributed by atoms with Gasteiger partial charge in [-0.15, -0.1) is 0 Å². The molecule has 0 amide bonds. The highest BCUT2D eigenvalue weighted by atomic mass is 32.2. The van der Waals surface area contributed by atoms with E-state index in [9.17, 15) is 8.42 Å². The summed E-state index contributed by atoms with van der Waals surface area (Å²) < 4.78 is 25.7. The molecule has 2 aromatic rings. The third kappa shape index (κ3) is 3.50. The Balaban J connectivity index is 2.25. The quantitative estimate of drug-likeness (QED) is 0.811. The van der Waals surface area contributed by atoms with E-state index in [2.05, 4.69) is 9.71 Å². The summed E-state index contributed by atoms with van der Waals surface area (Å²) in [6.45, 7) is 0.635. The van der Waals surface area contributed by atoms with Gasteiger partial charge in [-0.25, -0.2) is 13.1 Å². The largest absolute Gasteiger partial charge is 0.397 e. The third-order valence-electron chi connectivity index (χ3n) is 3.13. The van der Waals surface area contributed by atoms with Gasteiger partial charge in [0.15, 0.2) is 0 Å². The van der Waals surface area contributed by atoms with Crippen molar-refractivity contribution in [2.45, 2.75) is 11.4 Å². The van der Waals surface area contributed by atoms with E-state index in [1.165, 1.54) is 19.2 Å². The molecule has 0 saturated heterocycles. The molecule has 2 rings (SSSR count). The Morgan fingerprint density at radius 3 is 2.67 bits per heavy atom. The molecule has 7 heteroatoms. The molecular formula is C14H18N4O2S. The van der Waals surface area contributed by atoms with Crippen molar-refractivity contribution in [1.82, 2.24) is 9.71 Å². The topological polar surface area (TPSA) is 88.3 Å². The predicted octanol–water partition coefficient (Wildman–Crippen LogP) is 1.21. The molecule has 21 heavy (non-hydrogen) atoms. The van der Waals surface area contributed by atoms with Crippen LogP contribution in [0.3, 0.4) is 0 Å². The van der Waals surface area contributed by atoms with Gasteiger partial charge in [-0.05, 0) is 36.9 Å². The molecule has 1 aromatic heterocycles. The van der Waals surface area contributed by atoms with Crippen LogP contribution in [0.5, 0.6) is 0 Å². The van der Waals surface area contributed by atoms with Crippen LogP contribution in [0.25, 0.3) is 0 Å². The molecule has 0 atom stereocenters. The molecule has 1 aromatic carbocycles. The lowest BCUT2D eigenvalue weighted by Crippen LogP contribution is -2.20. The van der Waals surface area contributed by atoms with E-state index >= 15 is 0 Å². The standard InChI is InChI=1S/C14H18N4O2S/c1-16-21(19,20)12-5-6-14(13(15)8-12)18(2)10-11-4-3-7-17-9-11/h3-9,16H,10,15H2,1-2H3. The van der Waals surface area contributed by atoms with E-state index < -0.39 is 10.0 Å². The number of sulfonamides is 1. The summed E-state index contributed by atoms with van der Waals surface area (Å²) >= 11 is 0. The van der Waals surface area contributed by atoms with Gasteiger partial charge in [0.1, 0.15) is 0 Å². The predicted molar refractivity (Wildman–Crippen MR) is 83.4 cm³/mol. The molecule has 0 aliphatic rings. The van der Waals surface area contributed by atoms with Crippen molar-refractivity contribution < 1.29 is 8.42 Å². The summed E-state index contributed by atoms with van der Waals surface area (Å²) in [6.07, 6.45) is 3.50. The monoisotopic (exact) mass is 306 g/mol. The number of nitrogens with two attached hydrogens (primary N) is 1. The minimum Gasteiger partial charge on any atom is -0.397 e. The summed E-state index contributed by atoms with van der Waals surface area (Å²) in [5, 5.41) is 0. The number of nitrogens with zero attached hydrogens (tertiary/aromatic N) is 2. The first kappa shape index (κ1) is 15.3. The number of hydrogen-bond donors (Lipinski definition) is 2. The van der Waals surface area contributed by atoms with Crippen molar-refractivity contribution in [3.8, 4) is 0 Å². The maximum absolute atomic E-state index is 11.7. The Kier molecular flexibility index (Phi) is 4.44. The Bertz CT molecular complexity index is 717. The number of benzene rings is 1. The second-order valence-corrected chi connectivity index (χ2v) is 6.53. The average Bonchev–Trinajstić information content (AvgIpc) is 2.48. The fourth-order valence-corrected chi connectivity index (χ4v) is 2.78. The lowest BCUT2D eigenvalue weighted by molar-refractivity contribution is 0.588. The van der Waals surface area contributed by atoms with E-state index in [0.29, 0.717) is 12.2 Å². The molecule has 0 fully saturated rings. The number of aromatic nitrogens is 1. The van der Waals surface area contributed by atoms with E-state index in [-0.39, 0.29) is 4.90 Å². The maximum atomic E-state index is 11.7. The first-order valence-electron chi connectivity index (χ1n) is 6.37. The van der Waals surface area contributed by atoms with Crippen LogP contribution in [0.2, 0.25) is 0 Å². The van der Waals surface area contributed by atoms with E-state index in [1.807, 2.05) is 24.1 Å². The van der Waals surface area contributed by atoms with Crippen LogP contribution in [-0.4, -0.2) is 27.5 Å². The molecule has 0 bridgehead atoms. The first-order valence-corrected chi connectivity index (χ1v) is 7.85. The molecule has 1 heterocycles. The zero-order valence-corrected chi connectivity index (χ0v) is 12.8. The number of hydrogen-bond acceptors (Lipinski definition) is 5. The third-order valence-corrected chi connectivity index (χ3v) is 4.54. The van der Waals surface area contributed by atoms with Crippen molar-refractivity contribution in [2.75, 3.05) is 24.7 Å². The zero-order chi connectivity index (χ0) is 15.5. The SMILES string of the molecule is CNS(=O)(=O)c1ccc(N(C)Cc2cccnc2)c(N)c1. The fourth-order valence-electron chi connectivity index (χ4n) is 2.02. The van der Waals surface area contributed by atoms with Crippen molar-refractivity contribution in [3.63, 3.8) is 0 Å². The van der Waals surface area contributed by atoms with Gasteiger partial charge in [0.05, 0.1) is 16.3 Å². The molecule has 0 radical (unpaired) electrons. The van der Waals surface area contributed by atoms with Crippen LogP contribution >= 0.6 is 0 Å². The van der Waals surface area contributed by atoms with E-state index in [1.54, 1.807) is 18.5 Å². The number of anilines is 2. The smallest absolute Gasteiger partial charge is 0.240 e. The van der Waals surface area contributed by atoms with Gasteiger partial charge in [-0.1, -0.05) is 6.07 Å². The number of rotatable bonds is 5. The van der Waals surface area contributed by atoms with Crippen LogP contribution < -0.4 is 15.4 Å². The molecule has 0 saturated carbocycles. The Labute approximate surface area is 124 Å². The normalized spacial score (nSPS) is 11.3. The Morgan fingerprint density at radius 2 is 2.10 bits per heavy atom. The summed E-state index contributed by atoms with van der Waals surface area (Å²) in [4.78, 5) is 6.17. The molecular weight excluding hydrogens is 288 g/mol. The fraction of sp³-hybridized carbons (Fsp3) is 0.214. The molecule has 0 unspecified atom stereocenters. The maximum Gasteiger partial charge on any atom is 0.240 e. The number of nitrogen functional groups attached to an aromatic ring is 1. The van der Waals surface area contributed by atoms with Crippen LogP contribution in [0.4, 0.5) is 11.4 Å². The van der Waals surface area contributed by atoms with Gasteiger partial charge in [0.2, 0.25) is 10.0 Å². The molecule has 112 valence electrons. The van der Waals surface area contributed by atoms with Gasteiger partial charge in [0.25, 0.3) is 0 Å². The average molecular weight is 306 g/mol. The van der Waals surface area contributed by atoms with E-state index in [0.717, 1.165) is 11.3 Å². The molecule has 0 spiro atoms. The van der Waals surface area contributed by atoms with E-state index in [4.69, 9.17) is 5.73 Å². The van der Waals surface area contributed by atoms with Crippen molar-refractivity contribution in [1.29, 1.82) is 0 Å². The van der Waals surface area contributed by atoms with Gasteiger partial charge in [0, 0.05) is 26.0 Å². The summed E-state index contributed by atoms with van der Waals surface area (Å²) in [7, 11) is -0.218. The van der Waals surface area contributed by atoms with Crippen LogP contribution in [0.1, 0.15) is 5.56 Å².